The van der Waals surface area contributed by atoms with Crippen molar-refractivity contribution < 1.29 is 5.11 Å². The Balaban J connectivity index is 2.47. The molecule has 2 atom stereocenters. The van der Waals surface area contributed by atoms with Crippen LogP contribution in [-0.2, 0) is 0 Å². The van der Waals surface area contributed by atoms with Gasteiger partial charge in [0.05, 0.1) is 6.61 Å². The minimum absolute atomic E-state index is 0.250. The van der Waals surface area contributed by atoms with Gasteiger partial charge in [0.15, 0.2) is 0 Å². The maximum Gasteiger partial charge on any atom is 0.0558 e. The first-order valence-electron chi connectivity index (χ1n) is 6.75. The Hall–Kier alpha value is -0.120. The lowest BCUT2D eigenvalue weighted by Crippen LogP contribution is -2.42. The molecule has 0 radical (unpaired) electrons. The topological polar surface area (TPSA) is 49.5 Å². The maximum absolute atomic E-state index is 9.06. The molecular formula is C13H28N2O. The first kappa shape index (κ1) is 13.9. The summed E-state index contributed by atoms with van der Waals surface area (Å²) in [7, 11) is 0. The Kier molecular flexibility index (Phi) is 6.32. The fourth-order valence-electron chi connectivity index (χ4n) is 2.63. The van der Waals surface area contributed by atoms with Gasteiger partial charge in [-0.15, -0.1) is 0 Å². The van der Waals surface area contributed by atoms with Crippen LogP contribution in [0.3, 0.4) is 0 Å². The second-order valence-electron chi connectivity index (χ2n) is 5.37. The van der Waals surface area contributed by atoms with Crippen LogP contribution in [0.1, 0.15) is 46.0 Å². The van der Waals surface area contributed by atoms with Crippen LogP contribution in [0.4, 0.5) is 0 Å². The first-order valence-corrected chi connectivity index (χ1v) is 6.75. The Morgan fingerprint density at radius 2 is 1.94 bits per heavy atom. The van der Waals surface area contributed by atoms with E-state index in [9.17, 15) is 0 Å². The van der Waals surface area contributed by atoms with E-state index in [0.29, 0.717) is 18.0 Å². The number of nitrogens with zero attached hydrogens (tertiary/aromatic N) is 1. The minimum Gasteiger partial charge on any atom is -0.395 e. The minimum atomic E-state index is 0.250. The van der Waals surface area contributed by atoms with Crippen molar-refractivity contribution in [3.8, 4) is 0 Å². The highest BCUT2D eigenvalue weighted by atomic mass is 16.3. The molecule has 0 aliphatic heterocycles. The molecule has 3 nitrogen and oxygen atoms in total. The summed E-state index contributed by atoms with van der Waals surface area (Å²) < 4.78 is 0. The number of hydrogen-bond donors (Lipinski definition) is 2. The van der Waals surface area contributed by atoms with Gasteiger partial charge in [-0.3, -0.25) is 4.90 Å². The lowest BCUT2D eigenvalue weighted by atomic mass is 9.94. The highest BCUT2D eigenvalue weighted by molar-refractivity contribution is 4.80. The Morgan fingerprint density at radius 3 is 2.56 bits per heavy atom. The molecule has 0 spiro atoms. The van der Waals surface area contributed by atoms with Crippen LogP contribution < -0.4 is 5.73 Å². The molecule has 96 valence electrons. The quantitative estimate of drug-likeness (QED) is 0.703. The molecule has 0 aromatic heterocycles. The Labute approximate surface area is 100 Å². The van der Waals surface area contributed by atoms with Crippen LogP contribution in [-0.4, -0.2) is 41.8 Å². The summed E-state index contributed by atoms with van der Waals surface area (Å²) in [6.45, 7) is 6.47. The summed E-state index contributed by atoms with van der Waals surface area (Å²) in [4.78, 5) is 2.36. The van der Waals surface area contributed by atoms with Crippen LogP contribution in [0.5, 0.6) is 0 Å². The van der Waals surface area contributed by atoms with Gasteiger partial charge in [0.25, 0.3) is 0 Å². The lowest BCUT2D eigenvalue weighted by Gasteiger charge is -2.32. The van der Waals surface area contributed by atoms with E-state index in [-0.39, 0.29) is 6.61 Å². The predicted molar refractivity (Wildman–Crippen MR) is 68.3 cm³/mol. The van der Waals surface area contributed by atoms with Gasteiger partial charge >= 0.3 is 0 Å². The first-order chi connectivity index (χ1) is 7.65. The molecule has 3 heteroatoms. The highest BCUT2D eigenvalue weighted by Gasteiger charge is 2.23. The van der Waals surface area contributed by atoms with Crippen molar-refractivity contribution in [3.63, 3.8) is 0 Å². The number of hydrogen-bond acceptors (Lipinski definition) is 3. The molecule has 0 aromatic carbocycles. The van der Waals surface area contributed by atoms with Gasteiger partial charge < -0.3 is 10.8 Å². The van der Waals surface area contributed by atoms with E-state index in [1.807, 2.05) is 0 Å². The predicted octanol–water partition coefficient (Wildman–Crippen LogP) is 1.60. The van der Waals surface area contributed by atoms with E-state index in [1.54, 1.807) is 0 Å². The summed E-state index contributed by atoms with van der Waals surface area (Å²) >= 11 is 0. The van der Waals surface area contributed by atoms with Gasteiger partial charge in [0.2, 0.25) is 0 Å². The molecule has 1 rings (SSSR count). The molecular weight excluding hydrogens is 200 g/mol. The van der Waals surface area contributed by atoms with Gasteiger partial charge in [0, 0.05) is 25.2 Å². The van der Waals surface area contributed by atoms with Gasteiger partial charge in [-0.25, -0.2) is 0 Å². The second-order valence-corrected chi connectivity index (χ2v) is 5.37. The summed E-state index contributed by atoms with van der Waals surface area (Å²) in [5.74, 6) is 0.622. The van der Waals surface area contributed by atoms with Crippen LogP contribution >= 0.6 is 0 Å². The van der Waals surface area contributed by atoms with E-state index in [2.05, 4.69) is 18.7 Å². The van der Waals surface area contributed by atoms with Gasteiger partial charge in [-0.05, 0) is 32.6 Å². The zero-order valence-corrected chi connectivity index (χ0v) is 10.9. The number of nitrogens with two attached hydrogens (primary N) is 1. The number of aliphatic hydroxyl groups excluding tert-OH is 1. The van der Waals surface area contributed by atoms with Gasteiger partial charge in [-0.2, -0.15) is 0 Å². The van der Waals surface area contributed by atoms with E-state index in [1.165, 1.54) is 32.1 Å². The van der Waals surface area contributed by atoms with E-state index < -0.39 is 0 Å². The van der Waals surface area contributed by atoms with Gasteiger partial charge in [0.1, 0.15) is 0 Å². The molecule has 1 fully saturated rings. The maximum atomic E-state index is 9.06. The standard InChI is InChI=1S/C13H28N2O/c1-11(2)15(8-9-16)10-12-6-4-3-5-7-13(12)14/h11-13,16H,3-10,14H2,1-2H3. The van der Waals surface area contributed by atoms with E-state index >= 15 is 0 Å². The van der Waals surface area contributed by atoms with Crippen molar-refractivity contribution in [2.24, 2.45) is 11.7 Å². The largest absolute Gasteiger partial charge is 0.395 e. The summed E-state index contributed by atoms with van der Waals surface area (Å²) in [6.07, 6.45) is 6.39. The van der Waals surface area contributed by atoms with Gasteiger partial charge in [-0.1, -0.05) is 19.3 Å². The SMILES string of the molecule is CC(C)N(CCO)CC1CCCCCC1N. The molecule has 0 saturated heterocycles. The molecule has 3 N–H and O–H groups in total. The molecule has 1 aliphatic carbocycles. The normalized spacial score (nSPS) is 27.4. The van der Waals surface area contributed by atoms with Crippen molar-refractivity contribution in [2.45, 2.75) is 58.0 Å². The van der Waals surface area contributed by atoms with Crippen molar-refractivity contribution in [2.75, 3.05) is 19.7 Å². The summed E-state index contributed by atoms with van der Waals surface area (Å²) in [6, 6.07) is 0.866. The third-order valence-corrected chi connectivity index (χ3v) is 3.80. The van der Waals surface area contributed by atoms with Crippen LogP contribution in [0.2, 0.25) is 0 Å². The van der Waals surface area contributed by atoms with Crippen LogP contribution in [0, 0.1) is 5.92 Å². The molecule has 0 aromatic rings. The number of rotatable bonds is 5. The molecule has 1 saturated carbocycles. The lowest BCUT2D eigenvalue weighted by molar-refractivity contribution is 0.135. The second kappa shape index (κ2) is 7.25. The molecule has 2 unspecified atom stereocenters. The van der Waals surface area contributed by atoms with Crippen molar-refractivity contribution in [3.05, 3.63) is 0 Å². The Morgan fingerprint density at radius 1 is 1.25 bits per heavy atom. The molecule has 16 heavy (non-hydrogen) atoms. The Bertz CT molecular complexity index is 185. The van der Waals surface area contributed by atoms with Crippen LogP contribution in [0.15, 0.2) is 0 Å². The average Bonchev–Trinajstić information content (AvgIpc) is 2.43. The van der Waals surface area contributed by atoms with Crippen molar-refractivity contribution in [1.29, 1.82) is 0 Å². The van der Waals surface area contributed by atoms with Crippen molar-refractivity contribution in [1.82, 2.24) is 4.90 Å². The highest BCUT2D eigenvalue weighted by Crippen LogP contribution is 2.23. The number of aliphatic hydroxyl groups is 1. The summed E-state index contributed by atoms with van der Waals surface area (Å²) in [5, 5.41) is 9.06. The van der Waals surface area contributed by atoms with E-state index in [0.717, 1.165) is 13.1 Å². The summed E-state index contributed by atoms with van der Waals surface area (Å²) in [5.41, 5.74) is 6.23. The molecule has 1 aliphatic rings. The average molecular weight is 228 g/mol. The molecule has 0 amide bonds. The molecule has 0 heterocycles. The third-order valence-electron chi connectivity index (χ3n) is 3.80. The zero-order valence-electron chi connectivity index (χ0n) is 10.9. The monoisotopic (exact) mass is 228 g/mol. The van der Waals surface area contributed by atoms with Crippen molar-refractivity contribution >= 4 is 0 Å². The van der Waals surface area contributed by atoms with Crippen LogP contribution in [0.25, 0.3) is 0 Å². The molecule has 0 bridgehead atoms. The zero-order chi connectivity index (χ0) is 12.0. The smallest absolute Gasteiger partial charge is 0.0558 e. The fourth-order valence-corrected chi connectivity index (χ4v) is 2.63. The fraction of sp³-hybridized carbons (Fsp3) is 1.00. The third kappa shape index (κ3) is 4.40. The van der Waals surface area contributed by atoms with E-state index in [4.69, 9.17) is 10.8 Å².